The van der Waals surface area contributed by atoms with Crippen molar-refractivity contribution in [2.24, 2.45) is 0 Å². The summed E-state index contributed by atoms with van der Waals surface area (Å²) in [5.41, 5.74) is 4.03. The predicted octanol–water partition coefficient (Wildman–Crippen LogP) is 5.21. The zero-order chi connectivity index (χ0) is 28.6. The fourth-order valence-corrected chi connectivity index (χ4v) is 5.52. The van der Waals surface area contributed by atoms with Gasteiger partial charge in [-0.25, -0.2) is 4.39 Å². The third-order valence-corrected chi connectivity index (χ3v) is 7.70. The summed E-state index contributed by atoms with van der Waals surface area (Å²) in [6.07, 6.45) is 3.29. The van der Waals surface area contributed by atoms with Gasteiger partial charge in [0.05, 0.1) is 27.4 Å². The molecule has 41 heavy (non-hydrogen) atoms. The maximum Gasteiger partial charge on any atom is 0.220 e. The van der Waals surface area contributed by atoms with Crippen molar-refractivity contribution in [3.8, 4) is 11.5 Å². The van der Waals surface area contributed by atoms with Crippen LogP contribution in [-0.4, -0.2) is 69.0 Å². The molecule has 1 aliphatic heterocycles. The van der Waals surface area contributed by atoms with Gasteiger partial charge in [-0.2, -0.15) is 0 Å². The molecular weight excluding hydrogens is 521 g/mol. The van der Waals surface area contributed by atoms with Crippen LogP contribution in [0, 0.1) is 5.82 Å². The predicted molar refractivity (Wildman–Crippen MR) is 158 cm³/mol. The van der Waals surface area contributed by atoms with Crippen LogP contribution in [0.4, 0.5) is 4.39 Å². The maximum atomic E-state index is 13.6. The minimum atomic E-state index is -0.255. The van der Waals surface area contributed by atoms with Crippen LogP contribution in [0.15, 0.2) is 72.9 Å². The molecule has 1 atom stereocenters. The normalized spacial score (nSPS) is 14.6. The second-order valence-corrected chi connectivity index (χ2v) is 10.4. The molecule has 8 heteroatoms. The van der Waals surface area contributed by atoms with Gasteiger partial charge in [-0.05, 0) is 60.0 Å². The first-order valence-electron chi connectivity index (χ1n) is 14.2. The van der Waals surface area contributed by atoms with Gasteiger partial charge in [0.2, 0.25) is 5.91 Å². The van der Waals surface area contributed by atoms with E-state index < -0.39 is 0 Å². The van der Waals surface area contributed by atoms with Crippen LogP contribution < -0.4 is 14.8 Å². The smallest absolute Gasteiger partial charge is 0.220 e. The van der Waals surface area contributed by atoms with E-state index in [1.807, 2.05) is 30.3 Å². The number of carbonyl (C=O) groups excluding carboxylic acids is 1. The molecule has 0 bridgehead atoms. The van der Waals surface area contributed by atoms with Crippen LogP contribution in [0.1, 0.15) is 35.4 Å². The topological polar surface area (TPSA) is 65.0 Å². The molecule has 0 spiro atoms. The molecule has 7 nitrogen and oxygen atoms in total. The van der Waals surface area contributed by atoms with Gasteiger partial charge in [-0.3, -0.25) is 9.69 Å². The molecule has 0 radical (unpaired) electrons. The quantitative estimate of drug-likeness (QED) is 0.242. The molecule has 1 N–H and O–H groups in total. The summed E-state index contributed by atoms with van der Waals surface area (Å²) in [6.45, 7) is 5.57. The molecule has 1 aromatic heterocycles. The van der Waals surface area contributed by atoms with Crippen molar-refractivity contribution < 1.29 is 23.4 Å². The largest absolute Gasteiger partial charge is 0.497 e. The van der Waals surface area contributed by atoms with E-state index in [2.05, 4.69) is 33.1 Å². The highest BCUT2D eigenvalue weighted by Gasteiger charge is 2.24. The number of rotatable bonds is 12. The average Bonchev–Trinajstić information content (AvgIpc) is 3.37. The average molecular weight is 560 g/mol. The van der Waals surface area contributed by atoms with Crippen molar-refractivity contribution in [3.63, 3.8) is 0 Å². The molecule has 4 aromatic rings. The van der Waals surface area contributed by atoms with Crippen LogP contribution in [-0.2, 0) is 16.1 Å². The lowest BCUT2D eigenvalue weighted by atomic mass is 9.87. The maximum absolute atomic E-state index is 13.6. The number of hydrogen-bond acceptors (Lipinski definition) is 5. The second kappa shape index (κ2) is 13.7. The number of carbonyl (C=O) groups is 1. The number of ether oxygens (including phenoxy) is 3. The number of amides is 1. The molecular formula is C33H38FN3O4. The molecule has 1 unspecified atom stereocenters. The minimum absolute atomic E-state index is 0.00544. The molecule has 3 aromatic carbocycles. The minimum Gasteiger partial charge on any atom is -0.497 e. The van der Waals surface area contributed by atoms with Gasteiger partial charge in [-0.15, -0.1) is 0 Å². The van der Waals surface area contributed by atoms with Gasteiger partial charge in [0.25, 0.3) is 0 Å². The molecule has 1 aliphatic rings. The van der Waals surface area contributed by atoms with Gasteiger partial charge >= 0.3 is 0 Å². The Bertz CT molecular complexity index is 1420. The van der Waals surface area contributed by atoms with Crippen LogP contribution in [0.3, 0.4) is 0 Å². The first-order valence-corrected chi connectivity index (χ1v) is 14.2. The van der Waals surface area contributed by atoms with Crippen molar-refractivity contribution in [1.82, 2.24) is 14.8 Å². The van der Waals surface area contributed by atoms with Crippen molar-refractivity contribution >= 4 is 16.8 Å². The lowest BCUT2D eigenvalue weighted by Gasteiger charge is -2.26. The van der Waals surface area contributed by atoms with E-state index in [4.69, 9.17) is 14.2 Å². The van der Waals surface area contributed by atoms with Crippen LogP contribution >= 0.6 is 0 Å². The Labute approximate surface area is 240 Å². The number of hydrogen-bond donors (Lipinski definition) is 1. The summed E-state index contributed by atoms with van der Waals surface area (Å²) in [6, 6.07) is 20.6. The first kappa shape index (κ1) is 28.6. The number of nitrogens with zero attached hydrogens (tertiary/aromatic N) is 2. The molecule has 5 rings (SSSR count). The Balaban J connectivity index is 1.43. The zero-order valence-electron chi connectivity index (χ0n) is 23.8. The third-order valence-electron chi connectivity index (χ3n) is 7.70. The monoisotopic (exact) mass is 559 g/mol. The number of benzene rings is 3. The lowest BCUT2D eigenvalue weighted by Crippen LogP contribution is -2.38. The van der Waals surface area contributed by atoms with Gasteiger partial charge in [0, 0.05) is 61.7 Å². The van der Waals surface area contributed by atoms with E-state index in [1.54, 1.807) is 26.4 Å². The van der Waals surface area contributed by atoms with E-state index in [9.17, 15) is 9.18 Å². The SMILES string of the molecule is COc1cc(OC)cc(C(CC(=O)NCCCN2CCOCC2)c2cn(Cc3ccc(F)cc3)c3ccccc23)c1. The van der Waals surface area contributed by atoms with Crippen molar-refractivity contribution in [2.45, 2.75) is 25.3 Å². The third kappa shape index (κ3) is 7.26. The second-order valence-electron chi connectivity index (χ2n) is 10.4. The number of nitrogens with one attached hydrogen (secondary N) is 1. The fourth-order valence-electron chi connectivity index (χ4n) is 5.52. The zero-order valence-corrected chi connectivity index (χ0v) is 23.8. The van der Waals surface area contributed by atoms with Gasteiger partial charge in [0.1, 0.15) is 17.3 Å². The number of methoxy groups -OCH3 is 2. The summed E-state index contributed by atoms with van der Waals surface area (Å²) in [4.78, 5) is 15.7. The summed E-state index contributed by atoms with van der Waals surface area (Å²) in [5, 5.41) is 4.22. The summed E-state index contributed by atoms with van der Waals surface area (Å²) in [5.74, 6) is 0.845. The molecule has 0 aliphatic carbocycles. The Morgan fingerprint density at radius 1 is 1.00 bits per heavy atom. The van der Waals surface area contributed by atoms with E-state index in [1.165, 1.54) is 12.1 Å². The molecule has 0 saturated carbocycles. The Morgan fingerprint density at radius 2 is 1.71 bits per heavy atom. The molecule has 216 valence electrons. The Kier molecular flexibility index (Phi) is 9.54. The molecule has 1 saturated heterocycles. The van der Waals surface area contributed by atoms with E-state index in [0.717, 1.165) is 66.9 Å². The molecule has 2 heterocycles. The van der Waals surface area contributed by atoms with E-state index in [0.29, 0.717) is 24.6 Å². The standard InChI is InChI=1S/C33H38FN3O4/c1-39-27-18-25(19-28(20-27)40-2)30(21-33(38)35-12-5-13-36-14-16-41-17-15-36)31-23-37(32-7-4-3-6-29(31)32)22-24-8-10-26(34)11-9-24/h3-4,6-11,18-20,23,30H,5,12-17,21-22H2,1-2H3,(H,35,38). The first-order chi connectivity index (χ1) is 20.0. The highest BCUT2D eigenvalue weighted by atomic mass is 19.1. The Hall–Kier alpha value is -3.88. The molecule has 1 amide bonds. The van der Waals surface area contributed by atoms with E-state index in [-0.39, 0.29) is 24.1 Å². The summed E-state index contributed by atoms with van der Waals surface area (Å²) >= 11 is 0. The van der Waals surface area contributed by atoms with Gasteiger partial charge < -0.3 is 24.1 Å². The number of para-hydroxylation sites is 1. The number of halogens is 1. The van der Waals surface area contributed by atoms with Crippen molar-refractivity contribution in [2.75, 3.05) is 53.6 Å². The highest BCUT2D eigenvalue weighted by Crippen LogP contribution is 2.38. The number of aromatic nitrogens is 1. The van der Waals surface area contributed by atoms with E-state index >= 15 is 0 Å². The van der Waals surface area contributed by atoms with Crippen LogP contribution in [0.25, 0.3) is 10.9 Å². The van der Waals surface area contributed by atoms with Crippen LogP contribution in [0.5, 0.6) is 11.5 Å². The number of morpholine rings is 1. The molecule has 1 fully saturated rings. The van der Waals surface area contributed by atoms with Gasteiger partial charge in [-0.1, -0.05) is 30.3 Å². The fraction of sp³-hybridized carbons (Fsp3) is 0.364. The number of fused-ring (bicyclic) bond motifs is 1. The summed E-state index contributed by atoms with van der Waals surface area (Å²) in [7, 11) is 3.26. The Morgan fingerprint density at radius 3 is 2.41 bits per heavy atom. The van der Waals surface area contributed by atoms with Crippen LogP contribution in [0.2, 0.25) is 0 Å². The highest BCUT2D eigenvalue weighted by molar-refractivity contribution is 5.87. The van der Waals surface area contributed by atoms with Crippen molar-refractivity contribution in [3.05, 3.63) is 95.4 Å². The summed E-state index contributed by atoms with van der Waals surface area (Å²) < 4.78 is 32.3. The lowest BCUT2D eigenvalue weighted by molar-refractivity contribution is -0.121. The van der Waals surface area contributed by atoms with Gasteiger partial charge in [0.15, 0.2) is 0 Å². The van der Waals surface area contributed by atoms with Crippen molar-refractivity contribution in [1.29, 1.82) is 0 Å².